The summed E-state index contributed by atoms with van der Waals surface area (Å²) < 4.78 is 5.85. The highest BCUT2D eigenvalue weighted by molar-refractivity contribution is 5.94. The zero-order chi connectivity index (χ0) is 21.5. The molecule has 4 nitrogen and oxygen atoms in total. The summed E-state index contributed by atoms with van der Waals surface area (Å²) in [5.74, 6) is -3.02. The minimum absolute atomic E-state index is 0.0802. The summed E-state index contributed by atoms with van der Waals surface area (Å²) in [5.41, 5.74) is 1.42. The molecule has 3 atom stereocenters. The first-order valence-corrected chi connectivity index (χ1v) is 10.1. The third-order valence-electron chi connectivity index (χ3n) is 6.06. The highest BCUT2D eigenvalue weighted by Crippen LogP contribution is 2.47. The highest BCUT2D eigenvalue weighted by Gasteiger charge is 2.45. The van der Waals surface area contributed by atoms with Crippen LogP contribution >= 0.6 is 0 Å². The van der Waals surface area contributed by atoms with Gasteiger partial charge in [0.2, 0.25) is 0 Å². The van der Waals surface area contributed by atoms with Gasteiger partial charge in [-0.05, 0) is 35.8 Å². The Kier molecular flexibility index (Phi) is 8.47. The Hall–Kier alpha value is -2.10. The van der Waals surface area contributed by atoms with E-state index in [4.69, 9.17) is 4.74 Å². The molecule has 28 heavy (non-hydrogen) atoms. The van der Waals surface area contributed by atoms with E-state index in [9.17, 15) is 14.7 Å². The molecule has 156 valence electrons. The van der Waals surface area contributed by atoms with Gasteiger partial charge in [-0.1, -0.05) is 84.9 Å². The van der Waals surface area contributed by atoms with E-state index in [-0.39, 0.29) is 23.4 Å². The number of esters is 1. The van der Waals surface area contributed by atoms with Crippen molar-refractivity contribution in [2.24, 2.45) is 16.7 Å². The molecule has 0 radical (unpaired) electrons. The van der Waals surface area contributed by atoms with E-state index >= 15 is 0 Å². The summed E-state index contributed by atoms with van der Waals surface area (Å²) in [6.45, 7) is 16.4. The van der Waals surface area contributed by atoms with Gasteiger partial charge in [0.05, 0.1) is 0 Å². The van der Waals surface area contributed by atoms with E-state index in [1.54, 1.807) is 6.08 Å². The molecule has 0 aliphatic carbocycles. The standard InChI is InChI=1S/C24H36O4/c1-8-15-24(7,23(4,5)6)20(10-3)28-22(27)19(21(25)26)16-18-13-11-17(9-2)12-14-18/h9,11-14,19-20H,2,8,10,15-16H2,1,3-7H3,(H,25,26). The van der Waals surface area contributed by atoms with E-state index in [2.05, 4.69) is 41.2 Å². The lowest BCUT2D eigenvalue weighted by molar-refractivity contribution is -0.173. The monoisotopic (exact) mass is 388 g/mol. The summed E-state index contributed by atoms with van der Waals surface area (Å²) in [5, 5.41) is 9.64. The second-order valence-electron chi connectivity index (χ2n) is 8.79. The van der Waals surface area contributed by atoms with Crippen LogP contribution in [0.5, 0.6) is 0 Å². The van der Waals surface area contributed by atoms with E-state index in [1.807, 2.05) is 31.2 Å². The topological polar surface area (TPSA) is 63.6 Å². The Morgan fingerprint density at radius 3 is 2.11 bits per heavy atom. The first-order valence-electron chi connectivity index (χ1n) is 10.1. The van der Waals surface area contributed by atoms with Gasteiger partial charge in [0.15, 0.2) is 5.92 Å². The molecule has 1 rings (SSSR count). The van der Waals surface area contributed by atoms with E-state index < -0.39 is 17.9 Å². The fourth-order valence-electron chi connectivity index (χ4n) is 3.72. The Morgan fingerprint density at radius 1 is 1.14 bits per heavy atom. The van der Waals surface area contributed by atoms with Crippen molar-refractivity contribution in [2.45, 2.75) is 73.3 Å². The molecule has 0 saturated heterocycles. The predicted molar refractivity (Wildman–Crippen MR) is 114 cm³/mol. The summed E-state index contributed by atoms with van der Waals surface area (Å²) in [4.78, 5) is 24.6. The molecule has 0 fully saturated rings. The predicted octanol–water partition coefficient (Wildman–Crippen LogP) is 5.75. The number of ether oxygens (including phenoxy) is 1. The van der Waals surface area contributed by atoms with Gasteiger partial charge in [0.1, 0.15) is 6.10 Å². The molecule has 0 aliphatic rings. The van der Waals surface area contributed by atoms with E-state index in [1.165, 1.54) is 0 Å². The van der Waals surface area contributed by atoms with Crippen molar-refractivity contribution in [1.29, 1.82) is 0 Å². The van der Waals surface area contributed by atoms with Gasteiger partial charge in [-0.3, -0.25) is 9.59 Å². The maximum Gasteiger partial charge on any atom is 0.320 e. The molecule has 0 aliphatic heterocycles. The molecule has 1 N–H and O–H groups in total. The van der Waals surface area contributed by atoms with Crippen LogP contribution in [0.4, 0.5) is 0 Å². The van der Waals surface area contributed by atoms with Crippen molar-refractivity contribution in [1.82, 2.24) is 0 Å². The minimum Gasteiger partial charge on any atom is -0.481 e. The maximum absolute atomic E-state index is 12.8. The van der Waals surface area contributed by atoms with Crippen molar-refractivity contribution in [2.75, 3.05) is 0 Å². The third-order valence-corrected chi connectivity index (χ3v) is 6.06. The third kappa shape index (κ3) is 5.70. The molecule has 0 bridgehead atoms. The lowest BCUT2D eigenvalue weighted by Crippen LogP contribution is -2.46. The van der Waals surface area contributed by atoms with Crippen molar-refractivity contribution in [3.63, 3.8) is 0 Å². The molecule has 1 aromatic carbocycles. The largest absolute Gasteiger partial charge is 0.481 e. The Bertz CT molecular complexity index is 669. The molecule has 0 spiro atoms. The fourth-order valence-corrected chi connectivity index (χ4v) is 3.72. The molecule has 3 unspecified atom stereocenters. The highest BCUT2D eigenvalue weighted by atomic mass is 16.5. The molecule has 0 heterocycles. The Balaban J connectivity index is 3.05. The number of rotatable bonds is 10. The molecular weight excluding hydrogens is 352 g/mol. The van der Waals surface area contributed by atoms with Gasteiger partial charge in [-0.25, -0.2) is 0 Å². The number of carbonyl (C=O) groups is 2. The van der Waals surface area contributed by atoms with Crippen LogP contribution in [-0.2, 0) is 20.7 Å². The summed E-state index contributed by atoms with van der Waals surface area (Å²) in [6, 6.07) is 7.38. The number of carboxylic acid groups (broad SMARTS) is 1. The van der Waals surface area contributed by atoms with Gasteiger partial charge < -0.3 is 9.84 Å². The zero-order valence-electron chi connectivity index (χ0n) is 18.2. The van der Waals surface area contributed by atoms with Crippen LogP contribution in [0.3, 0.4) is 0 Å². The molecular formula is C24H36O4. The number of carbonyl (C=O) groups excluding carboxylic acids is 1. The van der Waals surface area contributed by atoms with Crippen molar-refractivity contribution in [3.8, 4) is 0 Å². The number of aliphatic carboxylic acids is 1. The van der Waals surface area contributed by atoms with Crippen molar-refractivity contribution < 1.29 is 19.4 Å². The normalized spacial score (nSPS) is 15.9. The molecule has 0 saturated carbocycles. The first-order chi connectivity index (χ1) is 13.0. The van der Waals surface area contributed by atoms with Gasteiger partial charge >= 0.3 is 11.9 Å². The van der Waals surface area contributed by atoms with Crippen LogP contribution in [0.25, 0.3) is 6.08 Å². The quantitative estimate of drug-likeness (QED) is 0.409. The van der Waals surface area contributed by atoms with Gasteiger partial charge in [-0.2, -0.15) is 0 Å². The van der Waals surface area contributed by atoms with Crippen molar-refractivity contribution >= 4 is 18.0 Å². The minimum atomic E-state index is -1.21. The van der Waals surface area contributed by atoms with Gasteiger partial charge in [0.25, 0.3) is 0 Å². The lowest BCUT2D eigenvalue weighted by Gasteiger charge is -2.47. The van der Waals surface area contributed by atoms with Crippen LogP contribution in [0.1, 0.15) is 71.9 Å². The first kappa shape index (κ1) is 23.9. The maximum atomic E-state index is 12.8. The Morgan fingerprint density at radius 2 is 1.71 bits per heavy atom. The number of carboxylic acids is 1. The Labute approximate surface area is 170 Å². The number of hydrogen-bond acceptors (Lipinski definition) is 3. The molecule has 0 amide bonds. The lowest BCUT2D eigenvalue weighted by atomic mass is 9.61. The molecule has 4 heteroatoms. The van der Waals surface area contributed by atoms with Crippen molar-refractivity contribution in [3.05, 3.63) is 42.0 Å². The summed E-state index contributed by atoms with van der Waals surface area (Å²) in [7, 11) is 0. The number of hydrogen-bond donors (Lipinski definition) is 1. The summed E-state index contributed by atoms with van der Waals surface area (Å²) in [6.07, 6.45) is 4.04. The summed E-state index contributed by atoms with van der Waals surface area (Å²) >= 11 is 0. The average molecular weight is 389 g/mol. The van der Waals surface area contributed by atoms with E-state index in [0.29, 0.717) is 6.42 Å². The van der Waals surface area contributed by atoms with Gasteiger partial charge in [-0.15, -0.1) is 0 Å². The fraction of sp³-hybridized carbons (Fsp3) is 0.583. The van der Waals surface area contributed by atoms with Crippen LogP contribution in [0.2, 0.25) is 0 Å². The van der Waals surface area contributed by atoms with Crippen LogP contribution < -0.4 is 0 Å². The smallest absolute Gasteiger partial charge is 0.320 e. The van der Waals surface area contributed by atoms with Gasteiger partial charge in [0, 0.05) is 5.41 Å². The zero-order valence-corrected chi connectivity index (χ0v) is 18.2. The number of benzene rings is 1. The second-order valence-corrected chi connectivity index (χ2v) is 8.79. The van der Waals surface area contributed by atoms with E-state index in [0.717, 1.165) is 24.0 Å². The van der Waals surface area contributed by atoms with Crippen LogP contribution in [-0.4, -0.2) is 23.1 Å². The molecule has 1 aromatic rings. The molecule has 0 aromatic heterocycles. The SMILES string of the molecule is C=Cc1ccc(CC(C(=O)O)C(=O)OC(CC)C(C)(CCC)C(C)(C)C)cc1. The second kappa shape index (κ2) is 9.90. The van der Waals surface area contributed by atoms with Crippen LogP contribution in [0.15, 0.2) is 30.8 Å². The average Bonchev–Trinajstić information content (AvgIpc) is 2.63. The van der Waals surface area contributed by atoms with Crippen LogP contribution in [0, 0.1) is 16.7 Å².